The van der Waals surface area contributed by atoms with Gasteiger partial charge in [0.25, 0.3) is 5.91 Å². The Morgan fingerprint density at radius 3 is 2.36 bits per heavy atom. The lowest BCUT2D eigenvalue weighted by atomic mass is 9.86. The van der Waals surface area contributed by atoms with Gasteiger partial charge in [0.1, 0.15) is 28.6 Å². The number of carboxylic acid groups (broad SMARTS) is 1. The molecular formula is C32H29FN2O6S. The van der Waals surface area contributed by atoms with E-state index in [4.69, 9.17) is 19.0 Å². The fourth-order valence-electron chi connectivity index (χ4n) is 4.42. The minimum absolute atomic E-state index is 0.0367. The van der Waals surface area contributed by atoms with Gasteiger partial charge in [0.15, 0.2) is 11.5 Å². The molecule has 0 radical (unpaired) electrons. The second-order valence-corrected chi connectivity index (χ2v) is 11.7. The molecule has 0 aliphatic carbocycles. The van der Waals surface area contributed by atoms with E-state index in [-0.39, 0.29) is 29.5 Å². The quantitative estimate of drug-likeness (QED) is 0.231. The number of amides is 1. The van der Waals surface area contributed by atoms with Crippen molar-refractivity contribution in [3.63, 3.8) is 0 Å². The van der Waals surface area contributed by atoms with E-state index in [0.717, 1.165) is 5.56 Å². The molecule has 3 aromatic carbocycles. The zero-order valence-electron chi connectivity index (χ0n) is 23.5. The maximum atomic E-state index is 13.9. The molecule has 0 fully saturated rings. The van der Waals surface area contributed by atoms with Gasteiger partial charge in [-0.05, 0) is 65.6 Å². The van der Waals surface area contributed by atoms with Crippen LogP contribution in [-0.2, 0) is 12.0 Å². The maximum absolute atomic E-state index is 13.9. The zero-order valence-corrected chi connectivity index (χ0v) is 24.3. The van der Waals surface area contributed by atoms with Crippen LogP contribution in [0.3, 0.4) is 0 Å². The largest absolute Gasteiger partial charge is 0.492 e. The van der Waals surface area contributed by atoms with Crippen LogP contribution >= 0.6 is 11.8 Å². The summed E-state index contributed by atoms with van der Waals surface area (Å²) >= 11 is 1.33. The fraction of sp³-hybridized carbons (Fsp3) is 0.219. The summed E-state index contributed by atoms with van der Waals surface area (Å²) in [5, 5.41) is 15.1. The molecule has 216 valence electrons. The zero-order chi connectivity index (χ0) is 30.0. The predicted octanol–water partition coefficient (Wildman–Crippen LogP) is 7.25. The summed E-state index contributed by atoms with van der Waals surface area (Å²) in [6.45, 7) is 6.28. The molecule has 1 amide bonds. The molecule has 8 nitrogen and oxygen atoms in total. The second kappa shape index (κ2) is 11.7. The van der Waals surface area contributed by atoms with Crippen LogP contribution in [0.15, 0.2) is 88.4 Å². The van der Waals surface area contributed by atoms with Crippen LogP contribution < -0.4 is 9.47 Å². The number of aromatic carboxylic acids is 1. The summed E-state index contributed by atoms with van der Waals surface area (Å²) in [6, 6.07) is 21.6. The Bertz CT molecular complexity index is 1640. The Hall–Kier alpha value is -4.57. The number of carboxylic acids is 1. The lowest BCUT2D eigenvalue weighted by molar-refractivity contribution is 0.0657. The minimum Gasteiger partial charge on any atom is -0.492 e. The Labute approximate surface area is 246 Å². The molecule has 0 saturated carbocycles. The van der Waals surface area contributed by atoms with Crippen LogP contribution in [0, 0.1) is 5.82 Å². The van der Waals surface area contributed by atoms with Gasteiger partial charge >= 0.3 is 5.97 Å². The predicted molar refractivity (Wildman–Crippen MR) is 158 cm³/mol. The van der Waals surface area contributed by atoms with Crippen molar-refractivity contribution < 1.29 is 33.0 Å². The monoisotopic (exact) mass is 588 g/mol. The van der Waals surface area contributed by atoms with E-state index in [1.807, 2.05) is 18.2 Å². The molecule has 10 heteroatoms. The van der Waals surface area contributed by atoms with E-state index < -0.39 is 11.3 Å². The SMILES string of the molecule is COc1c(OCc2ccc(C(=O)O)o2)cccc1C1SC(c2ccc(F)cc2)=NN1C(=O)c1ccc(C(C)(C)C)cc1. The van der Waals surface area contributed by atoms with E-state index in [2.05, 4.69) is 25.9 Å². The Balaban J connectivity index is 1.49. The van der Waals surface area contributed by atoms with Gasteiger partial charge < -0.3 is 19.0 Å². The number of ether oxygens (including phenoxy) is 2. The van der Waals surface area contributed by atoms with Crippen molar-refractivity contribution in [2.24, 2.45) is 5.10 Å². The van der Waals surface area contributed by atoms with Gasteiger partial charge in [-0.2, -0.15) is 5.10 Å². The van der Waals surface area contributed by atoms with Crippen LogP contribution in [0.25, 0.3) is 0 Å². The third-order valence-electron chi connectivity index (χ3n) is 6.66. The van der Waals surface area contributed by atoms with E-state index in [0.29, 0.717) is 39.0 Å². The average Bonchev–Trinajstić information content (AvgIpc) is 3.64. The molecule has 1 aliphatic rings. The summed E-state index contributed by atoms with van der Waals surface area (Å²) in [6.07, 6.45) is 0. The topological polar surface area (TPSA) is 102 Å². The lowest BCUT2D eigenvalue weighted by Crippen LogP contribution is -2.26. The molecule has 1 unspecified atom stereocenters. The van der Waals surface area contributed by atoms with Crippen molar-refractivity contribution in [2.75, 3.05) is 7.11 Å². The molecule has 5 rings (SSSR count). The molecule has 42 heavy (non-hydrogen) atoms. The number of hydrazone groups is 1. The van der Waals surface area contributed by atoms with Crippen LogP contribution in [0.2, 0.25) is 0 Å². The number of carbonyl (C=O) groups is 2. The number of nitrogens with zero attached hydrogens (tertiary/aromatic N) is 2. The third kappa shape index (κ3) is 6.03. The smallest absolute Gasteiger partial charge is 0.371 e. The first kappa shape index (κ1) is 28.9. The number of thioether (sulfide) groups is 1. The Morgan fingerprint density at radius 1 is 1.02 bits per heavy atom. The van der Waals surface area contributed by atoms with E-state index in [9.17, 15) is 14.0 Å². The molecule has 1 atom stereocenters. The first-order valence-electron chi connectivity index (χ1n) is 13.1. The summed E-state index contributed by atoms with van der Waals surface area (Å²) in [7, 11) is 1.50. The first-order valence-corrected chi connectivity index (χ1v) is 14.0. The summed E-state index contributed by atoms with van der Waals surface area (Å²) in [4.78, 5) is 25.0. The van der Waals surface area contributed by atoms with Crippen molar-refractivity contribution >= 4 is 28.7 Å². The number of hydrogen-bond acceptors (Lipinski definition) is 7. The summed E-state index contributed by atoms with van der Waals surface area (Å²) in [5.74, 6) is -0.953. The average molecular weight is 589 g/mol. The highest BCUT2D eigenvalue weighted by Crippen LogP contribution is 2.47. The molecule has 1 aromatic heterocycles. The molecule has 0 spiro atoms. The van der Waals surface area contributed by atoms with Gasteiger partial charge in [-0.3, -0.25) is 4.79 Å². The number of benzene rings is 3. The third-order valence-corrected chi connectivity index (χ3v) is 7.88. The Morgan fingerprint density at radius 2 is 1.74 bits per heavy atom. The maximum Gasteiger partial charge on any atom is 0.371 e. The summed E-state index contributed by atoms with van der Waals surface area (Å²) in [5.41, 5.74) is 2.80. The minimum atomic E-state index is -1.17. The van der Waals surface area contributed by atoms with E-state index >= 15 is 0 Å². The Kier molecular flexibility index (Phi) is 8.08. The van der Waals surface area contributed by atoms with Crippen LogP contribution in [0.4, 0.5) is 4.39 Å². The van der Waals surface area contributed by atoms with Crippen molar-refractivity contribution in [1.82, 2.24) is 5.01 Å². The number of halogens is 1. The number of carbonyl (C=O) groups excluding carboxylic acids is 1. The van der Waals surface area contributed by atoms with E-state index in [1.54, 1.807) is 36.4 Å². The number of para-hydroxylation sites is 1. The molecule has 1 aliphatic heterocycles. The highest BCUT2D eigenvalue weighted by molar-refractivity contribution is 8.14. The van der Waals surface area contributed by atoms with E-state index in [1.165, 1.54) is 48.1 Å². The van der Waals surface area contributed by atoms with Gasteiger partial charge in [-0.1, -0.05) is 56.8 Å². The lowest BCUT2D eigenvalue weighted by Gasteiger charge is -2.24. The fourth-order valence-corrected chi connectivity index (χ4v) is 5.59. The molecule has 4 aromatic rings. The van der Waals surface area contributed by atoms with Crippen LogP contribution in [0.1, 0.15) is 69.5 Å². The molecule has 1 N–H and O–H groups in total. The van der Waals surface area contributed by atoms with Crippen molar-refractivity contribution in [2.45, 2.75) is 38.2 Å². The summed E-state index contributed by atoms with van der Waals surface area (Å²) < 4.78 is 30.7. The van der Waals surface area contributed by atoms with Crippen molar-refractivity contribution in [1.29, 1.82) is 0 Å². The highest BCUT2D eigenvalue weighted by atomic mass is 32.2. The van der Waals surface area contributed by atoms with Crippen molar-refractivity contribution in [3.8, 4) is 11.5 Å². The number of rotatable bonds is 8. The van der Waals surface area contributed by atoms with Crippen molar-refractivity contribution in [3.05, 3.63) is 118 Å². The molecule has 0 bridgehead atoms. The van der Waals surface area contributed by atoms with Gasteiger partial charge in [0, 0.05) is 16.7 Å². The molecule has 2 heterocycles. The highest BCUT2D eigenvalue weighted by Gasteiger charge is 2.37. The second-order valence-electron chi connectivity index (χ2n) is 10.6. The number of hydrogen-bond donors (Lipinski definition) is 1. The normalized spacial score (nSPS) is 14.9. The van der Waals surface area contributed by atoms with Crippen LogP contribution in [0.5, 0.6) is 11.5 Å². The number of methoxy groups -OCH3 is 1. The van der Waals surface area contributed by atoms with Gasteiger partial charge in [0.2, 0.25) is 5.76 Å². The molecular weight excluding hydrogens is 559 g/mol. The van der Waals surface area contributed by atoms with Gasteiger partial charge in [-0.25, -0.2) is 14.2 Å². The van der Waals surface area contributed by atoms with Gasteiger partial charge in [0.05, 0.1) is 7.11 Å². The van der Waals surface area contributed by atoms with Crippen LogP contribution in [-0.4, -0.2) is 34.1 Å². The standard InChI is InChI=1S/C32H29FN2O6S/c1-32(2,3)21-12-8-20(9-13-21)29(36)35-30(42-28(34-35)19-10-14-22(33)15-11-19)24-6-5-7-25(27(24)39-4)40-18-23-16-17-26(41-23)31(37)38/h5-17,30H,18H2,1-4H3,(H,37,38). The number of furan rings is 1. The first-order chi connectivity index (χ1) is 20.0. The molecule has 0 saturated heterocycles. The van der Waals surface area contributed by atoms with Gasteiger partial charge in [-0.15, -0.1) is 0 Å².